The summed E-state index contributed by atoms with van der Waals surface area (Å²) in [5.41, 5.74) is 1.96. The van der Waals surface area contributed by atoms with Gasteiger partial charge in [-0.2, -0.15) is 0 Å². The Bertz CT molecular complexity index is 879. The van der Waals surface area contributed by atoms with Crippen molar-refractivity contribution in [2.45, 2.75) is 24.7 Å². The van der Waals surface area contributed by atoms with Crippen molar-refractivity contribution in [3.8, 4) is 0 Å². The van der Waals surface area contributed by atoms with E-state index in [4.69, 9.17) is 0 Å². The molecule has 1 saturated heterocycles. The van der Waals surface area contributed by atoms with Crippen LogP contribution in [0.5, 0.6) is 0 Å². The van der Waals surface area contributed by atoms with Gasteiger partial charge < -0.3 is 4.90 Å². The zero-order valence-electron chi connectivity index (χ0n) is 13.1. The van der Waals surface area contributed by atoms with E-state index in [9.17, 15) is 17.6 Å². The van der Waals surface area contributed by atoms with Crippen molar-refractivity contribution in [1.29, 1.82) is 0 Å². The van der Waals surface area contributed by atoms with E-state index in [0.717, 1.165) is 24.1 Å². The molecule has 5 nitrogen and oxygen atoms in total. The van der Waals surface area contributed by atoms with Gasteiger partial charge in [-0.25, -0.2) is 12.8 Å². The summed E-state index contributed by atoms with van der Waals surface area (Å²) in [7, 11) is -3.82. The lowest BCUT2D eigenvalue weighted by Crippen LogP contribution is -2.24. The Kier molecular flexibility index (Phi) is 4.28. The number of hydrogen-bond donors (Lipinski definition) is 1. The van der Waals surface area contributed by atoms with Crippen LogP contribution >= 0.6 is 0 Å². The first-order chi connectivity index (χ1) is 11.4. The van der Waals surface area contributed by atoms with E-state index in [1.165, 1.54) is 12.1 Å². The number of carbonyl (C=O) groups excluding carboxylic acids is 1. The standard InChI is InChI=1S/C17H17FN2O3S/c1-12-4-7-14(11-16(12)20-10-2-3-17(20)21)19-24(22,23)15-8-5-13(18)6-9-15/h4-9,11,19H,2-3,10H2,1H3. The van der Waals surface area contributed by atoms with Crippen molar-refractivity contribution in [1.82, 2.24) is 0 Å². The van der Waals surface area contributed by atoms with E-state index in [-0.39, 0.29) is 10.8 Å². The van der Waals surface area contributed by atoms with Crippen LogP contribution in [0.3, 0.4) is 0 Å². The predicted molar refractivity (Wildman–Crippen MR) is 90.0 cm³/mol. The summed E-state index contributed by atoms with van der Waals surface area (Å²) < 4.78 is 40.2. The number of anilines is 2. The van der Waals surface area contributed by atoms with E-state index in [1.54, 1.807) is 23.1 Å². The van der Waals surface area contributed by atoms with Crippen molar-refractivity contribution in [2.75, 3.05) is 16.2 Å². The molecule has 0 bridgehead atoms. The van der Waals surface area contributed by atoms with E-state index in [0.29, 0.717) is 24.3 Å². The van der Waals surface area contributed by atoms with Gasteiger partial charge >= 0.3 is 0 Å². The van der Waals surface area contributed by atoms with Gasteiger partial charge in [0.25, 0.3) is 10.0 Å². The van der Waals surface area contributed by atoms with Gasteiger partial charge in [-0.15, -0.1) is 0 Å². The highest BCUT2D eigenvalue weighted by Gasteiger charge is 2.24. The molecular weight excluding hydrogens is 331 g/mol. The molecule has 0 aromatic heterocycles. The van der Waals surface area contributed by atoms with Gasteiger partial charge in [-0.3, -0.25) is 9.52 Å². The molecule has 126 valence electrons. The second-order valence-electron chi connectivity index (χ2n) is 5.71. The molecule has 0 atom stereocenters. The maximum absolute atomic E-state index is 13.0. The van der Waals surface area contributed by atoms with Crippen LogP contribution in [0, 0.1) is 12.7 Å². The summed E-state index contributed by atoms with van der Waals surface area (Å²) in [5.74, 6) is -0.462. The topological polar surface area (TPSA) is 66.5 Å². The van der Waals surface area contributed by atoms with Gasteiger partial charge in [0.05, 0.1) is 10.6 Å². The van der Waals surface area contributed by atoms with Gasteiger partial charge in [0, 0.05) is 18.7 Å². The van der Waals surface area contributed by atoms with Crippen molar-refractivity contribution in [3.05, 3.63) is 53.8 Å². The highest BCUT2D eigenvalue weighted by Crippen LogP contribution is 2.29. The van der Waals surface area contributed by atoms with Crippen LogP contribution in [-0.2, 0) is 14.8 Å². The number of nitrogens with zero attached hydrogens (tertiary/aromatic N) is 1. The number of aryl methyl sites for hydroxylation is 1. The third kappa shape index (κ3) is 3.26. The zero-order chi connectivity index (χ0) is 17.3. The Morgan fingerprint density at radius 1 is 1.12 bits per heavy atom. The highest BCUT2D eigenvalue weighted by atomic mass is 32.2. The summed E-state index contributed by atoms with van der Waals surface area (Å²) >= 11 is 0. The van der Waals surface area contributed by atoms with Crippen LogP contribution in [0.4, 0.5) is 15.8 Å². The fourth-order valence-corrected chi connectivity index (χ4v) is 3.74. The van der Waals surface area contributed by atoms with E-state index in [1.807, 2.05) is 6.92 Å². The van der Waals surface area contributed by atoms with Crippen molar-refractivity contribution in [2.24, 2.45) is 0 Å². The second-order valence-corrected chi connectivity index (χ2v) is 7.39. The van der Waals surface area contributed by atoms with Crippen LogP contribution < -0.4 is 9.62 Å². The molecule has 1 N–H and O–H groups in total. The first kappa shape index (κ1) is 16.4. The lowest BCUT2D eigenvalue weighted by molar-refractivity contribution is -0.117. The smallest absolute Gasteiger partial charge is 0.261 e. The Balaban J connectivity index is 1.90. The van der Waals surface area contributed by atoms with Crippen molar-refractivity contribution in [3.63, 3.8) is 0 Å². The lowest BCUT2D eigenvalue weighted by Gasteiger charge is -2.19. The maximum Gasteiger partial charge on any atom is 0.261 e. The molecule has 2 aromatic rings. The maximum atomic E-state index is 13.0. The molecule has 3 rings (SSSR count). The summed E-state index contributed by atoms with van der Waals surface area (Å²) in [6.07, 6.45) is 1.30. The SMILES string of the molecule is Cc1ccc(NS(=O)(=O)c2ccc(F)cc2)cc1N1CCCC1=O. The summed E-state index contributed by atoms with van der Waals surface area (Å²) in [4.78, 5) is 13.6. The molecule has 0 saturated carbocycles. The molecule has 1 aliphatic rings. The normalized spacial score (nSPS) is 14.9. The number of sulfonamides is 1. The Morgan fingerprint density at radius 2 is 1.83 bits per heavy atom. The minimum atomic E-state index is -3.82. The number of hydrogen-bond acceptors (Lipinski definition) is 3. The van der Waals surface area contributed by atoms with Crippen LogP contribution in [0.2, 0.25) is 0 Å². The average Bonchev–Trinajstić information content (AvgIpc) is 2.95. The molecule has 0 unspecified atom stereocenters. The molecular formula is C17H17FN2O3S. The van der Waals surface area contributed by atoms with Gasteiger partial charge in [0.15, 0.2) is 0 Å². The van der Waals surface area contributed by atoms with Crippen molar-refractivity contribution >= 4 is 27.3 Å². The molecule has 2 aromatic carbocycles. The average molecular weight is 348 g/mol. The third-order valence-electron chi connectivity index (χ3n) is 3.95. The van der Waals surface area contributed by atoms with Gasteiger partial charge in [0.2, 0.25) is 5.91 Å². The molecule has 24 heavy (non-hydrogen) atoms. The zero-order valence-corrected chi connectivity index (χ0v) is 13.9. The van der Waals surface area contributed by atoms with Gasteiger partial charge in [0.1, 0.15) is 5.82 Å². The van der Waals surface area contributed by atoms with E-state index >= 15 is 0 Å². The quantitative estimate of drug-likeness (QED) is 0.923. The highest BCUT2D eigenvalue weighted by molar-refractivity contribution is 7.92. The summed E-state index contributed by atoms with van der Waals surface area (Å²) in [6, 6.07) is 9.66. The summed E-state index contributed by atoms with van der Waals surface area (Å²) in [5, 5.41) is 0. The molecule has 0 radical (unpaired) electrons. The Hall–Kier alpha value is -2.41. The largest absolute Gasteiger partial charge is 0.312 e. The van der Waals surface area contributed by atoms with Gasteiger partial charge in [-0.05, 0) is 55.3 Å². The number of rotatable bonds is 4. The minimum absolute atomic E-state index is 0.0247. The molecule has 1 heterocycles. The number of carbonyl (C=O) groups is 1. The fourth-order valence-electron chi connectivity index (χ4n) is 2.69. The van der Waals surface area contributed by atoms with Crippen molar-refractivity contribution < 1.29 is 17.6 Å². The first-order valence-electron chi connectivity index (χ1n) is 7.56. The molecule has 1 aliphatic heterocycles. The fraction of sp³-hybridized carbons (Fsp3) is 0.235. The van der Waals surface area contributed by atoms with Crippen LogP contribution in [-0.4, -0.2) is 20.9 Å². The minimum Gasteiger partial charge on any atom is -0.312 e. The van der Waals surface area contributed by atoms with Crippen LogP contribution in [0.25, 0.3) is 0 Å². The predicted octanol–water partition coefficient (Wildman–Crippen LogP) is 3.06. The molecule has 0 spiro atoms. The number of nitrogens with one attached hydrogen (secondary N) is 1. The molecule has 1 amide bonds. The molecule has 0 aliphatic carbocycles. The lowest BCUT2D eigenvalue weighted by atomic mass is 10.1. The van der Waals surface area contributed by atoms with Gasteiger partial charge in [-0.1, -0.05) is 6.07 Å². The van der Waals surface area contributed by atoms with Crippen LogP contribution in [0.15, 0.2) is 47.4 Å². The number of halogens is 1. The third-order valence-corrected chi connectivity index (χ3v) is 5.35. The first-order valence-corrected chi connectivity index (χ1v) is 9.04. The second kappa shape index (κ2) is 6.24. The van der Waals surface area contributed by atoms with E-state index < -0.39 is 15.8 Å². The molecule has 7 heteroatoms. The summed E-state index contributed by atoms with van der Waals surface area (Å²) in [6.45, 7) is 2.51. The Morgan fingerprint density at radius 3 is 2.46 bits per heavy atom. The number of amides is 1. The van der Waals surface area contributed by atoms with Crippen LogP contribution in [0.1, 0.15) is 18.4 Å². The Labute approximate surface area is 140 Å². The molecule has 1 fully saturated rings. The number of benzene rings is 2. The monoisotopic (exact) mass is 348 g/mol. The van der Waals surface area contributed by atoms with E-state index in [2.05, 4.69) is 4.72 Å².